The van der Waals surface area contributed by atoms with Gasteiger partial charge in [0.05, 0.1) is 6.61 Å². The first-order valence-corrected chi connectivity index (χ1v) is 11.6. The van der Waals surface area contributed by atoms with Gasteiger partial charge in [-0.2, -0.15) is 8.62 Å². The molecule has 1 aromatic heterocycles. The molecule has 3 atom stereocenters. The molecule has 152 valence electrons. The van der Waals surface area contributed by atoms with Crippen molar-refractivity contribution < 1.29 is 46.4 Å². The molecular formula is C10H15N2O12P3. The molecular weight excluding hydrogens is 433 g/mol. The molecule has 0 amide bonds. The van der Waals surface area contributed by atoms with Gasteiger partial charge in [-0.1, -0.05) is 6.08 Å². The Balaban J connectivity index is 1.94. The minimum atomic E-state index is -5.57. The van der Waals surface area contributed by atoms with Crippen molar-refractivity contribution in [3.63, 3.8) is 0 Å². The number of hydrogen-bond donors (Lipinski definition) is 5. The van der Waals surface area contributed by atoms with Crippen LogP contribution in [-0.4, -0.2) is 35.7 Å². The first kappa shape index (κ1) is 22.1. The Morgan fingerprint density at radius 3 is 2.37 bits per heavy atom. The molecule has 0 aliphatic heterocycles. The number of phosphoric ester groups is 1. The Bertz CT molecular complexity index is 990. The number of nitrogens with one attached hydrogen (secondary N) is 1. The Kier molecular flexibility index (Phi) is 6.60. The summed E-state index contributed by atoms with van der Waals surface area (Å²) in [4.78, 5) is 60.2. The van der Waals surface area contributed by atoms with Crippen LogP contribution in [0.1, 0.15) is 18.9 Å². The van der Waals surface area contributed by atoms with E-state index in [1.807, 2.05) is 0 Å². The van der Waals surface area contributed by atoms with E-state index < -0.39 is 41.3 Å². The highest BCUT2D eigenvalue weighted by atomic mass is 31.3. The van der Waals surface area contributed by atoms with Crippen molar-refractivity contribution in [2.75, 3.05) is 6.61 Å². The fraction of sp³-hybridized carbons (Fsp3) is 0.400. The van der Waals surface area contributed by atoms with Crippen molar-refractivity contribution in [3.05, 3.63) is 44.8 Å². The summed E-state index contributed by atoms with van der Waals surface area (Å²) >= 11 is 0. The Morgan fingerprint density at radius 2 is 1.78 bits per heavy atom. The summed E-state index contributed by atoms with van der Waals surface area (Å²) in [6.45, 7) is -0.529. The van der Waals surface area contributed by atoms with Gasteiger partial charge in [0.1, 0.15) is 0 Å². The summed E-state index contributed by atoms with van der Waals surface area (Å²) in [5, 5.41) is 0. The normalized spacial score (nSPS) is 22.1. The van der Waals surface area contributed by atoms with Gasteiger partial charge in [0, 0.05) is 18.3 Å². The molecule has 0 bridgehead atoms. The smallest absolute Gasteiger partial charge is 0.302 e. The number of hydrogen-bond acceptors (Lipinski definition) is 8. The van der Waals surface area contributed by atoms with Crippen LogP contribution in [0.2, 0.25) is 0 Å². The number of rotatable bonds is 8. The second-order valence-electron chi connectivity index (χ2n) is 5.34. The molecule has 14 nitrogen and oxygen atoms in total. The predicted molar refractivity (Wildman–Crippen MR) is 87.5 cm³/mol. The van der Waals surface area contributed by atoms with Crippen LogP contribution in [0.5, 0.6) is 0 Å². The summed E-state index contributed by atoms with van der Waals surface area (Å²) in [7, 11) is -16.2. The van der Waals surface area contributed by atoms with Crippen LogP contribution >= 0.6 is 23.5 Å². The highest BCUT2D eigenvalue weighted by Gasteiger charge is 2.40. The van der Waals surface area contributed by atoms with Crippen molar-refractivity contribution in [1.29, 1.82) is 0 Å². The van der Waals surface area contributed by atoms with E-state index in [1.165, 1.54) is 10.8 Å². The molecule has 1 aliphatic rings. The van der Waals surface area contributed by atoms with E-state index >= 15 is 0 Å². The van der Waals surface area contributed by atoms with E-state index in [-0.39, 0.29) is 12.5 Å². The van der Waals surface area contributed by atoms with Crippen molar-refractivity contribution in [1.82, 2.24) is 9.55 Å². The standard InChI is InChI=1S/C10H15N2O12P3/c13-9-3-4-12(10(14)11-9)8-2-1-7(5-8)6-22-26(18,19)24-27(20,21)23-25(15,16)17/h1,3-4,8H,2,5-6H2,(H,18,19)(H,20,21)(H,11,13,14)(H2,15,16,17)/t8-/m0/s1. The number of aromatic amines is 1. The second kappa shape index (κ2) is 8.06. The first-order valence-electron chi connectivity index (χ1n) is 7.04. The van der Waals surface area contributed by atoms with Gasteiger partial charge in [-0.15, -0.1) is 0 Å². The van der Waals surface area contributed by atoms with E-state index in [9.17, 15) is 28.2 Å². The zero-order valence-corrected chi connectivity index (χ0v) is 16.0. The number of nitrogens with zero attached hydrogens (tertiary/aromatic N) is 1. The van der Waals surface area contributed by atoms with Crippen LogP contribution in [0, 0.1) is 0 Å². The van der Waals surface area contributed by atoms with Gasteiger partial charge >= 0.3 is 29.2 Å². The maximum Gasteiger partial charge on any atom is 0.490 e. The maximum atomic E-state index is 11.7. The van der Waals surface area contributed by atoms with E-state index in [4.69, 9.17) is 14.7 Å². The van der Waals surface area contributed by atoms with Crippen LogP contribution in [0.3, 0.4) is 0 Å². The molecule has 0 aromatic carbocycles. The molecule has 0 fully saturated rings. The van der Waals surface area contributed by atoms with Gasteiger partial charge in [0.15, 0.2) is 0 Å². The van der Waals surface area contributed by atoms with Gasteiger partial charge < -0.3 is 19.6 Å². The molecule has 27 heavy (non-hydrogen) atoms. The van der Waals surface area contributed by atoms with E-state index in [0.29, 0.717) is 12.0 Å². The maximum absolute atomic E-state index is 11.7. The molecule has 2 rings (SSSR count). The van der Waals surface area contributed by atoms with Gasteiger partial charge in [-0.3, -0.25) is 18.9 Å². The molecule has 1 heterocycles. The molecule has 0 saturated heterocycles. The van der Waals surface area contributed by atoms with Crippen molar-refractivity contribution in [3.8, 4) is 0 Å². The third kappa shape index (κ3) is 7.05. The third-order valence-electron chi connectivity index (χ3n) is 3.25. The molecule has 0 spiro atoms. The molecule has 0 saturated carbocycles. The molecule has 5 N–H and O–H groups in total. The summed E-state index contributed by atoms with van der Waals surface area (Å²) in [6, 6.07) is 0.778. The van der Waals surface area contributed by atoms with Crippen LogP contribution < -0.4 is 11.2 Å². The van der Waals surface area contributed by atoms with E-state index in [1.54, 1.807) is 6.08 Å². The number of phosphoric acid groups is 3. The zero-order chi connectivity index (χ0) is 20.5. The van der Waals surface area contributed by atoms with Gasteiger partial charge in [0.2, 0.25) is 0 Å². The van der Waals surface area contributed by atoms with E-state index in [2.05, 4.69) is 18.1 Å². The average Bonchev–Trinajstić information content (AvgIpc) is 2.90. The van der Waals surface area contributed by atoms with Crippen molar-refractivity contribution in [2.45, 2.75) is 18.9 Å². The molecule has 2 unspecified atom stereocenters. The summed E-state index contributed by atoms with van der Waals surface area (Å²) in [5.74, 6) is 0. The Labute approximate surface area is 150 Å². The highest BCUT2D eigenvalue weighted by molar-refractivity contribution is 7.66. The number of H-pyrrole nitrogens is 1. The topological polar surface area (TPSA) is 215 Å². The Hall–Kier alpha value is -1.17. The summed E-state index contributed by atoms with van der Waals surface area (Å²) < 4.78 is 46.3. The monoisotopic (exact) mass is 448 g/mol. The second-order valence-corrected chi connectivity index (χ2v) is 9.76. The molecule has 1 aliphatic carbocycles. The Morgan fingerprint density at radius 1 is 1.11 bits per heavy atom. The van der Waals surface area contributed by atoms with E-state index in [0.717, 1.165) is 6.07 Å². The molecule has 17 heteroatoms. The minimum absolute atomic E-state index is 0.210. The highest BCUT2D eigenvalue weighted by Crippen LogP contribution is 2.66. The predicted octanol–water partition coefficient (Wildman–Crippen LogP) is 0.141. The van der Waals surface area contributed by atoms with Crippen LogP contribution in [0.25, 0.3) is 0 Å². The number of aromatic nitrogens is 2. The lowest BCUT2D eigenvalue weighted by Gasteiger charge is -2.17. The molecule has 0 radical (unpaired) electrons. The van der Waals surface area contributed by atoms with Gasteiger partial charge in [0.25, 0.3) is 5.56 Å². The third-order valence-corrected chi connectivity index (χ3v) is 7.03. The average molecular weight is 448 g/mol. The van der Waals surface area contributed by atoms with Gasteiger partial charge in [-0.05, 0) is 18.4 Å². The summed E-state index contributed by atoms with van der Waals surface area (Å²) in [6.07, 6.45) is 3.45. The summed E-state index contributed by atoms with van der Waals surface area (Å²) in [5.41, 5.74) is -0.746. The van der Waals surface area contributed by atoms with Crippen LogP contribution in [0.4, 0.5) is 0 Å². The number of allylic oxidation sites excluding steroid dienone is 1. The lowest BCUT2D eigenvalue weighted by Crippen LogP contribution is -2.30. The lowest BCUT2D eigenvalue weighted by atomic mass is 10.2. The fourth-order valence-electron chi connectivity index (χ4n) is 2.28. The molecule has 1 aromatic rings. The van der Waals surface area contributed by atoms with Crippen LogP contribution in [-0.2, 0) is 26.8 Å². The SMILES string of the molecule is O=c1ccn([C@H]2CC=C(COP(=O)(O)OP(=O)(O)OP(=O)(O)O)C2)c(=O)[nH]1. The van der Waals surface area contributed by atoms with Gasteiger partial charge in [-0.25, -0.2) is 18.5 Å². The first-order chi connectivity index (χ1) is 12.3. The minimum Gasteiger partial charge on any atom is -0.302 e. The van der Waals surface area contributed by atoms with Crippen molar-refractivity contribution in [2.24, 2.45) is 0 Å². The van der Waals surface area contributed by atoms with Crippen LogP contribution in [0.15, 0.2) is 33.5 Å². The largest absolute Gasteiger partial charge is 0.490 e. The fourth-order valence-corrected chi connectivity index (χ4v) is 5.31. The zero-order valence-electron chi connectivity index (χ0n) is 13.3. The lowest BCUT2D eigenvalue weighted by molar-refractivity contribution is 0.179. The van der Waals surface area contributed by atoms with Crippen molar-refractivity contribution >= 4 is 23.5 Å². The quantitative estimate of drug-likeness (QED) is 0.265.